The molecule has 6 N–H and O–H groups in total. The molecule has 0 aromatic rings. The maximum atomic E-state index is 13.2. The molecular weight excluding hydrogens is 1110 g/mol. The Balaban J connectivity index is 2.12. The first-order valence-corrected chi connectivity index (χ1v) is 39.8. The highest BCUT2D eigenvalue weighted by molar-refractivity contribution is 7.80. The minimum absolute atomic E-state index is 0.218. The average Bonchev–Trinajstić information content (AvgIpc) is 1.79. The van der Waals surface area contributed by atoms with Gasteiger partial charge >= 0.3 is 10.4 Å². The van der Waals surface area contributed by atoms with Crippen LogP contribution in [0.4, 0.5) is 0 Å². The number of hydrogen-bond donors (Lipinski definition) is 6. The van der Waals surface area contributed by atoms with E-state index in [1.54, 1.807) is 0 Å². The van der Waals surface area contributed by atoms with Crippen molar-refractivity contribution in [2.45, 2.75) is 455 Å². The van der Waals surface area contributed by atoms with Crippen LogP contribution in [0.25, 0.3) is 0 Å². The van der Waals surface area contributed by atoms with Gasteiger partial charge in [0.05, 0.1) is 25.4 Å². The second-order valence-corrected chi connectivity index (χ2v) is 28.4. The second kappa shape index (κ2) is 63.8. The molecule has 0 aromatic carbocycles. The van der Waals surface area contributed by atoms with Crippen LogP contribution in [-0.4, -0.2) is 95.4 Å². The van der Waals surface area contributed by atoms with Crippen molar-refractivity contribution in [3.63, 3.8) is 0 Å². The number of unbranched alkanes of at least 4 members (excludes halogenated alkanes) is 58. The summed E-state index contributed by atoms with van der Waals surface area (Å²) in [6.45, 7) is 3.54. The number of nitrogens with one attached hydrogen (secondary N) is 1. The van der Waals surface area contributed by atoms with Crippen LogP contribution in [0, 0.1) is 0 Å². The SMILES string of the molecule is CCCCCCCCCCCCCCCCCCCCCCCCCCCCCCCCCCCCCCCCCC(=O)NC(COC1OC(CO)C(O)C(OS(=O)(=O)O)C1O)C(O)CCCCCCCCCCCCCCCCCCCCCCC. The molecule has 1 fully saturated rings. The lowest BCUT2D eigenvalue weighted by Crippen LogP contribution is -2.61. The van der Waals surface area contributed by atoms with Crippen molar-refractivity contribution in [1.82, 2.24) is 5.32 Å². The lowest BCUT2D eigenvalue weighted by atomic mass is 9.99. The van der Waals surface area contributed by atoms with Gasteiger partial charge in [-0.2, -0.15) is 8.42 Å². The lowest BCUT2D eigenvalue weighted by molar-refractivity contribution is -0.298. The van der Waals surface area contributed by atoms with E-state index in [1.165, 1.54) is 334 Å². The molecule has 1 amide bonds. The third kappa shape index (κ3) is 55.3. The highest BCUT2D eigenvalue weighted by Crippen LogP contribution is 2.27. The predicted octanol–water partition coefficient (Wildman–Crippen LogP) is 20.7. The highest BCUT2D eigenvalue weighted by Gasteiger charge is 2.48. The Morgan fingerprint density at radius 2 is 0.667 bits per heavy atom. The molecule has 0 saturated carbocycles. The number of carbonyl (C=O) groups excluding carboxylic acids is 1. The van der Waals surface area contributed by atoms with E-state index in [2.05, 4.69) is 23.3 Å². The third-order valence-corrected chi connectivity index (χ3v) is 19.4. The number of rotatable bonds is 70. The van der Waals surface area contributed by atoms with E-state index in [0.29, 0.717) is 12.8 Å². The maximum absolute atomic E-state index is 13.2. The molecule has 1 rings (SSSR count). The molecule has 0 aliphatic carbocycles. The van der Waals surface area contributed by atoms with Crippen molar-refractivity contribution in [2.24, 2.45) is 0 Å². The van der Waals surface area contributed by atoms with Crippen molar-refractivity contribution in [3.8, 4) is 0 Å². The molecule has 12 nitrogen and oxygen atoms in total. The standard InChI is InChI=1S/C74H147NO11S/c1-3-5-7-9-11-13-15-17-19-21-23-25-26-27-28-29-30-31-32-33-34-35-36-37-38-39-40-41-42-44-46-48-50-52-54-56-58-60-62-64-70(78)75-67(66-84-74-72(80)73(86-87(81,82)83)71(79)69(65-76)85-74)68(77)63-61-59-57-55-53-51-49-47-45-43-24-22-20-18-16-14-12-10-8-6-4-2/h67-69,71-74,76-77,79-80H,3-66H2,1-2H3,(H,75,78)(H,81,82,83). The van der Waals surface area contributed by atoms with Crippen LogP contribution in [0.2, 0.25) is 0 Å². The predicted molar refractivity (Wildman–Crippen MR) is 366 cm³/mol. The van der Waals surface area contributed by atoms with E-state index in [4.69, 9.17) is 9.47 Å². The smallest absolute Gasteiger partial charge is 0.394 e. The Labute approximate surface area is 538 Å². The zero-order valence-electron chi connectivity index (χ0n) is 57.4. The quantitative estimate of drug-likeness (QED) is 0.0251. The Morgan fingerprint density at radius 3 is 0.920 bits per heavy atom. The van der Waals surface area contributed by atoms with Crippen LogP contribution in [0.5, 0.6) is 0 Å². The lowest BCUT2D eigenvalue weighted by Gasteiger charge is -2.41. The fraction of sp³-hybridized carbons (Fsp3) is 0.986. The molecule has 0 aromatic heterocycles. The normalized spacial score (nSPS) is 18.0. The molecule has 1 heterocycles. The monoisotopic (exact) mass is 1260 g/mol. The molecule has 520 valence electrons. The van der Waals surface area contributed by atoms with Crippen LogP contribution in [0.15, 0.2) is 0 Å². The molecule has 13 heteroatoms. The van der Waals surface area contributed by atoms with Gasteiger partial charge in [0.15, 0.2) is 6.29 Å². The number of amides is 1. The van der Waals surface area contributed by atoms with E-state index in [9.17, 15) is 38.2 Å². The summed E-state index contributed by atoms with van der Waals surface area (Å²) >= 11 is 0. The first kappa shape index (κ1) is 84.1. The summed E-state index contributed by atoms with van der Waals surface area (Å²) in [4.78, 5) is 13.2. The van der Waals surface area contributed by atoms with Gasteiger partial charge in [0.25, 0.3) is 0 Å². The Kier molecular flexibility index (Phi) is 61.7. The third-order valence-electron chi connectivity index (χ3n) is 18.9. The molecule has 1 aliphatic rings. The zero-order valence-corrected chi connectivity index (χ0v) is 58.2. The number of hydrogen-bond acceptors (Lipinski definition) is 10. The van der Waals surface area contributed by atoms with E-state index in [0.717, 1.165) is 51.4 Å². The van der Waals surface area contributed by atoms with Crippen LogP contribution in [0.1, 0.15) is 412 Å². The van der Waals surface area contributed by atoms with Crippen LogP contribution < -0.4 is 5.32 Å². The molecule has 7 unspecified atom stereocenters. The summed E-state index contributed by atoms with van der Waals surface area (Å²) < 4.78 is 48.2. The largest absolute Gasteiger partial charge is 0.397 e. The van der Waals surface area contributed by atoms with E-state index < -0.39 is 59.9 Å². The van der Waals surface area contributed by atoms with Crippen molar-refractivity contribution in [2.75, 3.05) is 13.2 Å². The van der Waals surface area contributed by atoms with Gasteiger partial charge in [-0.05, 0) is 12.8 Å². The van der Waals surface area contributed by atoms with E-state index >= 15 is 0 Å². The van der Waals surface area contributed by atoms with Gasteiger partial charge in [-0.15, -0.1) is 0 Å². The van der Waals surface area contributed by atoms with Crippen molar-refractivity contribution in [1.29, 1.82) is 0 Å². The summed E-state index contributed by atoms with van der Waals surface area (Å²) in [5, 5.41) is 45.4. The van der Waals surface area contributed by atoms with E-state index in [-0.39, 0.29) is 12.5 Å². The molecule has 7 atom stereocenters. The number of aliphatic hydroxyl groups is 4. The average molecular weight is 1260 g/mol. The molecule has 0 bridgehead atoms. The first-order valence-electron chi connectivity index (χ1n) is 38.4. The Hall–Kier alpha value is -0.900. The summed E-state index contributed by atoms with van der Waals surface area (Å²) in [7, 11) is -5.08. The van der Waals surface area contributed by atoms with Crippen molar-refractivity contribution < 1.29 is 51.8 Å². The van der Waals surface area contributed by atoms with Crippen LogP contribution >= 0.6 is 0 Å². The number of ether oxygens (including phenoxy) is 2. The summed E-state index contributed by atoms with van der Waals surface area (Å²) in [6, 6.07) is -0.855. The highest BCUT2D eigenvalue weighted by atomic mass is 32.3. The first-order chi connectivity index (χ1) is 42.5. The molecule has 87 heavy (non-hydrogen) atoms. The van der Waals surface area contributed by atoms with Gasteiger partial charge in [-0.3, -0.25) is 9.35 Å². The van der Waals surface area contributed by atoms with Crippen LogP contribution in [-0.2, 0) is 28.9 Å². The molecule has 1 saturated heterocycles. The van der Waals surface area contributed by atoms with Gasteiger partial charge in [0, 0.05) is 6.42 Å². The molecule has 1 aliphatic heterocycles. The van der Waals surface area contributed by atoms with Gasteiger partial charge in [-0.25, -0.2) is 4.18 Å². The van der Waals surface area contributed by atoms with Gasteiger partial charge < -0.3 is 35.2 Å². The maximum Gasteiger partial charge on any atom is 0.397 e. The van der Waals surface area contributed by atoms with Gasteiger partial charge in [-0.1, -0.05) is 393 Å². The van der Waals surface area contributed by atoms with Crippen LogP contribution in [0.3, 0.4) is 0 Å². The van der Waals surface area contributed by atoms with E-state index in [1.807, 2.05) is 0 Å². The molecule has 0 spiro atoms. The van der Waals surface area contributed by atoms with Gasteiger partial charge in [0.1, 0.15) is 24.4 Å². The summed E-state index contributed by atoms with van der Waals surface area (Å²) in [5.74, 6) is -0.218. The molecular formula is C74H147NO11S. The Morgan fingerprint density at radius 1 is 0.414 bits per heavy atom. The minimum atomic E-state index is -5.08. The number of aliphatic hydroxyl groups excluding tert-OH is 4. The Bertz CT molecular complexity index is 1520. The fourth-order valence-electron chi connectivity index (χ4n) is 13.1. The van der Waals surface area contributed by atoms with Crippen molar-refractivity contribution >= 4 is 16.3 Å². The van der Waals surface area contributed by atoms with Gasteiger partial charge in [0.2, 0.25) is 5.91 Å². The number of carbonyl (C=O) groups is 1. The zero-order chi connectivity index (χ0) is 63.2. The second-order valence-electron chi connectivity index (χ2n) is 27.3. The topological polar surface area (TPSA) is 192 Å². The van der Waals surface area contributed by atoms with Crippen molar-refractivity contribution in [3.05, 3.63) is 0 Å². The summed E-state index contributed by atoms with van der Waals surface area (Å²) in [5.41, 5.74) is 0. The summed E-state index contributed by atoms with van der Waals surface area (Å²) in [6.07, 6.45) is 71.8. The minimum Gasteiger partial charge on any atom is -0.394 e. The fourth-order valence-corrected chi connectivity index (χ4v) is 13.6. The molecule has 0 radical (unpaired) electrons.